The Hall–Kier alpha value is -4.43. The van der Waals surface area contributed by atoms with E-state index in [-0.39, 0.29) is 23.8 Å². The fourth-order valence-electron chi connectivity index (χ4n) is 5.10. The van der Waals surface area contributed by atoms with Crippen LogP contribution in [0.2, 0.25) is 0 Å². The van der Waals surface area contributed by atoms with E-state index >= 15 is 0 Å². The van der Waals surface area contributed by atoms with Crippen LogP contribution in [0.15, 0.2) is 114 Å². The Morgan fingerprint density at radius 2 is 1.36 bits per heavy atom. The molecule has 4 rings (SSSR count). The number of nitrogens with one attached hydrogen (secondary N) is 1. The first-order valence-corrected chi connectivity index (χ1v) is 17.0. The highest BCUT2D eigenvalue weighted by atomic mass is 32.2. The molecule has 0 saturated heterocycles. The van der Waals surface area contributed by atoms with Crippen molar-refractivity contribution in [1.29, 1.82) is 0 Å². The Morgan fingerprint density at radius 3 is 1.96 bits per heavy atom. The molecular formula is C37H43N3O4S. The third kappa shape index (κ3) is 9.05. The molecule has 0 aliphatic carbocycles. The van der Waals surface area contributed by atoms with Crippen molar-refractivity contribution >= 4 is 27.5 Å². The van der Waals surface area contributed by atoms with Gasteiger partial charge in [0.25, 0.3) is 10.0 Å². The lowest BCUT2D eigenvalue weighted by Crippen LogP contribution is -2.53. The lowest BCUT2D eigenvalue weighted by molar-refractivity contribution is -0.140. The number of carbonyl (C=O) groups excluding carboxylic acids is 2. The summed E-state index contributed by atoms with van der Waals surface area (Å²) in [5.41, 5.74) is 4.25. The molecule has 0 fully saturated rings. The summed E-state index contributed by atoms with van der Waals surface area (Å²) in [4.78, 5) is 29.9. The fourth-order valence-corrected chi connectivity index (χ4v) is 6.53. The maximum atomic E-state index is 14.5. The summed E-state index contributed by atoms with van der Waals surface area (Å²) in [7, 11) is -4.12. The zero-order chi connectivity index (χ0) is 32.2. The molecule has 236 valence electrons. The molecule has 0 spiro atoms. The van der Waals surface area contributed by atoms with E-state index in [9.17, 15) is 18.0 Å². The van der Waals surface area contributed by atoms with Crippen molar-refractivity contribution in [3.05, 3.63) is 131 Å². The van der Waals surface area contributed by atoms with E-state index in [0.29, 0.717) is 12.2 Å². The first-order valence-electron chi connectivity index (χ1n) is 15.6. The van der Waals surface area contributed by atoms with Gasteiger partial charge in [0.15, 0.2) is 0 Å². The van der Waals surface area contributed by atoms with Gasteiger partial charge in [0.2, 0.25) is 11.8 Å². The van der Waals surface area contributed by atoms with E-state index in [1.807, 2.05) is 80.6 Å². The van der Waals surface area contributed by atoms with Crippen LogP contribution in [-0.2, 0) is 39.0 Å². The van der Waals surface area contributed by atoms with Gasteiger partial charge < -0.3 is 10.2 Å². The van der Waals surface area contributed by atoms with Gasteiger partial charge in [0, 0.05) is 19.5 Å². The summed E-state index contributed by atoms with van der Waals surface area (Å²) in [6.45, 7) is 6.23. The molecule has 4 aromatic rings. The first-order chi connectivity index (χ1) is 21.7. The molecule has 0 aliphatic rings. The van der Waals surface area contributed by atoms with Crippen molar-refractivity contribution in [2.75, 3.05) is 17.4 Å². The summed E-state index contributed by atoms with van der Waals surface area (Å²) < 4.78 is 29.3. The van der Waals surface area contributed by atoms with E-state index < -0.39 is 28.5 Å². The quantitative estimate of drug-likeness (QED) is 0.157. The fraction of sp³-hybridized carbons (Fsp3) is 0.297. The van der Waals surface area contributed by atoms with Crippen LogP contribution in [0.4, 0.5) is 5.69 Å². The molecule has 0 aliphatic heterocycles. The summed E-state index contributed by atoms with van der Waals surface area (Å²) in [5, 5.41) is 3.02. The number of aryl methyl sites for hydroxylation is 2. The van der Waals surface area contributed by atoms with Gasteiger partial charge in [-0.15, -0.1) is 0 Å². The standard InChI is InChI=1S/C37H43N3O4S/c1-4-6-25-38-37(42)35(26-31-13-9-7-10-14-31)39(27-32-19-17-29(3)18-20-32)36(41)28-40(33-23-21-30(5-2)22-24-33)45(43,44)34-15-11-8-12-16-34/h7-24,35H,4-6,25-28H2,1-3H3,(H,38,42). The minimum Gasteiger partial charge on any atom is -0.354 e. The third-order valence-corrected chi connectivity index (χ3v) is 9.60. The summed E-state index contributed by atoms with van der Waals surface area (Å²) in [6.07, 6.45) is 2.81. The highest BCUT2D eigenvalue weighted by Crippen LogP contribution is 2.26. The van der Waals surface area contributed by atoms with E-state index in [1.165, 1.54) is 17.0 Å². The largest absolute Gasteiger partial charge is 0.354 e. The number of sulfonamides is 1. The Labute approximate surface area is 268 Å². The third-order valence-electron chi connectivity index (χ3n) is 7.82. The second kappa shape index (κ2) is 16.0. The van der Waals surface area contributed by atoms with Gasteiger partial charge in [-0.1, -0.05) is 111 Å². The minimum atomic E-state index is -4.12. The van der Waals surface area contributed by atoms with Crippen LogP contribution in [0.5, 0.6) is 0 Å². The average Bonchev–Trinajstić information content (AvgIpc) is 3.07. The van der Waals surface area contributed by atoms with Crippen molar-refractivity contribution in [3.8, 4) is 0 Å². The van der Waals surface area contributed by atoms with Crippen molar-refractivity contribution in [2.45, 2.75) is 63.9 Å². The van der Waals surface area contributed by atoms with Gasteiger partial charge in [-0.05, 0) is 60.7 Å². The van der Waals surface area contributed by atoms with Gasteiger partial charge in [-0.2, -0.15) is 0 Å². The number of unbranched alkanes of at least 4 members (excludes halogenated alkanes) is 1. The predicted molar refractivity (Wildman–Crippen MR) is 180 cm³/mol. The minimum absolute atomic E-state index is 0.0839. The van der Waals surface area contributed by atoms with E-state index in [1.54, 1.807) is 30.3 Å². The van der Waals surface area contributed by atoms with Crippen molar-refractivity contribution in [3.63, 3.8) is 0 Å². The number of nitrogens with zero attached hydrogens (tertiary/aromatic N) is 2. The number of hydrogen-bond donors (Lipinski definition) is 1. The van der Waals surface area contributed by atoms with Gasteiger partial charge in [0.05, 0.1) is 10.6 Å². The van der Waals surface area contributed by atoms with Gasteiger partial charge >= 0.3 is 0 Å². The zero-order valence-electron chi connectivity index (χ0n) is 26.4. The monoisotopic (exact) mass is 625 g/mol. The SMILES string of the molecule is CCCCNC(=O)C(Cc1ccccc1)N(Cc1ccc(C)cc1)C(=O)CN(c1ccc(CC)cc1)S(=O)(=O)c1ccccc1. The molecule has 0 aromatic heterocycles. The summed E-state index contributed by atoms with van der Waals surface area (Å²) in [6, 6.07) is 31.9. The Morgan fingerprint density at radius 1 is 0.756 bits per heavy atom. The summed E-state index contributed by atoms with van der Waals surface area (Å²) >= 11 is 0. The average molecular weight is 626 g/mol. The lowest BCUT2D eigenvalue weighted by Gasteiger charge is -2.34. The first kappa shape index (κ1) is 33.5. The van der Waals surface area contributed by atoms with Crippen LogP contribution in [-0.4, -0.2) is 44.3 Å². The van der Waals surface area contributed by atoms with E-state index in [2.05, 4.69) is 12.2 Å². The number of rotatable bonds is 15. The van der Waals surface area contributed by atoms with Crippen LogP contribution in [0, 0.1) is 6.92 Å². The molecule has 8 heteroatoms. The number of benzene rings is 4. The van der Waals surface area contributed by atoms with Crippen LogP contribution in [0.3, 0.4) is 0 Å². The number of carbonyl (C=O) groups is 2. The zero-order valence-corrected chi connectivity index (χ0v) is 27.2. The van der Waals surface area contributed by atoms with Crippen LogP contribution < -0.4 is 9.62 Å². The molecule has 1 N–H and O–H groups in total. The highest BCUT2D eigenvalue weighted by Gasteiger charge is 2.34. The second-order valence-corrected chi connectivity index (χ2v) is 13.1. The van der Waals surface area contributed by atoms with Crippen molar-refractivity contribution in [2.24, 2.45) is 0 Å². The highest BCUT2D eigenvalue weighted by molar-refractivity contribution is 7.92. The normalized spacial score (nSPS) is 11.9. The second-order valence-electron chi connectivity index (χ2n) is 11.2. The topological polar surface area (TPSA) is 86.8 Å². The molecule has 1 atom stereocenters. The van der Waals surface area contributed by atoms with Crippen LogP contribution in [0.25, 0.3) is 0 Å². The van der Waals surface area contributed by atoms with Crippen LogP contribution in [0.1, 0.15) is 48.9 Å². The molecule has 0 heterocycles. The molecule has 7 nitrogen and oxygen atoms in total. The number of amides is 2. The lowest BCUT2D eigenvalue weighted by atomic mass is 10.0. The molecule has 4 aromatic carbocycles. The predicted octanol–water partition coefficient (Wildman–Crippen LogP) is 6.31. The molecule has 0 radical (unpaired) electrons. The molecule has 0 bridgehead atoms. The number of hydrogen-bond acceptors (Lipinski definition) is 4. The Kier molecular flexibility index (Phi) is 11.9. The van der Waals surface area contributed by atoms with Gasteiger partial charge in [-0.3, -0.25) is 13.9 Å². The van der Waals surface area contributed by atoms with E-state index in [4.69, 9.17) is 0 Å². The van der Waals surface area contributed by atoms with Gasteiger partial charge in [0.1, 0.15) is 12.6 Å². The summed E-state index contributed by atoms with van der Waals surface area (Å²) in [5.74, 6) is -0.737. The smallest absolute Gasteiger partial charge is 0.264 e. The Bertz CT molecular complexity index is 1630. The maximum absolute atomic E-state index is 14.5. The van der Waals surface area contributed by atoms with Crippen LogP contribution >= 0.6 is 0 Å². The Balaban J connectivity index is 1.77. The molecule has 0 saturated carbocycles. The molecule has 45 heavy (non-hydrogen) atoms. The van der Waals surface area contributed by atoms with Crippen molar-refractivity contribution in [1.82, 2.24) is 10.2 Å². The molecule has 1 unspecified atom stereocenters. The maximum Gasteiger partial charge on any atom is 0.264 e. The van der Waals surface area contributed by atoms with E-state index in [0.717, 1.165) is 45.8 Å². The number of anilines is 1. The molecular weight excluding hydrogens is 582 g/mol. The van der Waals surface area contributed by atoms with Crippen molar-refractivity contribution < 1.29 is 18.0 Å². The molecule has 2 amide bonds. The van der Waals surface area contributed by atoms with Gasteiger partial charge in [-0.25, -0.2) is 8.42 Å².